The fourth-order valence-electron chi connectivity index (χ4n) is 2.70. The molecule has 29 heavy (non-hydrogen) atoms. The standard InChI is InChI=1S/C22H19N5O2/c1-16-19(23-22(29-16)18-11-3-2-4-12-18)15-28-20-13-7-5-9-17(20)10-6-8-14-21-24-26-27-25-21/h2-14H,15H2,1H3,(H,24,25,26,27)/b10-6+,14-8+. The normalized spacial score (nSPS) is 11.5. The summed E-state index contributed by atoms with van der Waals surface area (Å²) in [6.07, 6.45) is 7.45. The second-order valence-electron chi connectivity index (χ2n) is 6.20. The molecular formula is C22H19N5O2. The number of nitrogens with one attached hydrogen (secondary N) is 1. The lowest BCUT2D eigenvalue weighted by molar-refractivity contribution is 0.299. The fraction of sp³-hybridized carbons (Fsp3) is 0.0909. The third-order valence-electron chi connectivity index (χ3n) is 4.19. The minimum atomic E-state index is 0.325. The van der Waals surface area contributed by atoms with Crippen molar-refractivity contribution in [2.24, 2.45) is 0 Å². The summed E-state index contributed by atoms with van der Waals surface area (Å²) in [5.41, 5.74) is 2.67. The molecule has 4 rings (SSSR count). The van der Waals surface area contributed by atoms with E-state index in [1.165, 1.54) is 0 Å². The quantitative estimate of drug-likeness (QED) is 0.472. The molecule has 0 spiro atoms. The van der Waals surface area contributed by atoms with Crippen LogP contribution in [-0.4, -0.2) is 25.6 Å². The molecule has 0 aliphatic carbocycles. The van der Waals surface area contributed by atoms with E-state index < -0.39 is 0 Å². The highest BCUT2D eigenvalue weighted by molar-refractivity contribution is 5.60. The molecule has 2 heterocycles. The molecule has 0 radical (unpaired) electrons. The van der Waals surface area contributed by atoms with E-state index in [1.807, 2.05) is 79.7 Å². The van der Waals surface area contributed by atoms with Gasteiger partial charge in [0.05, 0.1) is 0 Å². The summed E-state index contributed by atoms with van der Waals surface area (Å²) in [6, 6.07) is 17.6. The van der Waals surface area contributed by atoms with Crippen LogP contribution in [-0.2, 0) is 6.61 Å². The summed E-state index contributed by atoms with van der Waals surface area (Å²) in [5, 5.41) is 13.6. The van der Waals surface area contributed by atoms with Gasteiger partial charge in [-0.25, -0.2) is 4.98 Å². The molecule has 0 unspecified atom stereocenters. The zero-order valence-corrected chi connectivity index (χ0v) is 15.8. The van der Waals surface area contributed by atoms with E-state index in [1.54, 1.807) is 6.08 Å². The van der Waals surface area contributed by atoms with E-state index in [0.29, 0.717) is 18.3 Å². The Bertz CT molecular complexity index is 1120. The highest BCUT2D eigenvalue weighted by atomic mass is 16.5. The molecule has 1 N–H and O–H groups in total. The van der Waals surface area contributed by atoms with Crippen molar-refractivity contribution >= 4 is 12.2 Å². The fourth-order valence-corrected chi connectivity index (χ4v) is 2.70. The molecule has 0 aliphatic rings. The Hall–Kier alpha value is -4.00. The van der Waals surface area contributed by atoms with Crippen molar-refractivity contribution in [1.29, 1.82) is 0 Å². The van der Waals surface area contributed by atoms with Crippen molar-refractivity contribution < 1.29 is 9.15 Å². The molecular weight excluding hydrogens is 366 g/mol. The largest absolute Gasteiger partial charge is 0.487 e. The zero-order chi connectivity index (χ0) is 19.9. The first-order valence-electron chi connectivity index (χ1n) is 9.11. The molecule has 0 amide bonds. The summed E-state index contributed by atoms with van der Waals surface area (Å²) in [5.74, 6) is 2.64. The highest BCUT2D eigenvalue weighted by Gasteiger charge is 2.12. The SMILES string of the molecule is Cc1oc(-c2ccccc2)nc1COc1ccccc1/C=C/C=C/c1nn[nH]n1. The summed E-state index contributed by atoms with van der Waals surface area (Å²) < 4.78 is 11.8. The van der Waals surface area contributed by atoms with Crippen LogP contribution >= 0.6 is 0 Å². The van der Waals surface area contributed by atoms with Crippen LogP contribution in [0.2, 0.25) is 0 Å². The Morgan fingerprint density at radius 3 is 2.62 bits per heavy atom. The number of aryl methyl sites for hydroxylation is 1. The maximum Gasteiger partial charge on any atom is 0.226 e. The number of aromatic nitrogens is 5. The third kappa shape index (κ3) is 4.65. The number of nitrogens with zero attached hydrogens (tertiary/aromatic N) is 4. The number of para-hydroxylation sites is 1. The summed E-state index contributed by atoms with van der Waals surface area (Å²) >= 11 is 0. The van der Waals surface area contributed by atoms with Gasteiger partial charge in [0.25, 0.3) is 0 Å². The van der Waals surface area contributed by atoms with Gasteiger partial charge in [-0.1, -0.05) is 54.6 Å². The molecule has 7 nitrogen and oxygen atoms in total. The maximum absolute atomic E-state index is 6.02. The van der Waals surface area contributed by atoms with Gasteiger partial charge in [0.2, 0.25) is 5.89 Å². The summed E-state index contributed by atoms with van der Waals surface area (Å²) in [7, 11) is 0. The Morgan fingerprint density at radius 2 is 1.79 bits per heavy atom. The summed E-state index contributed by atoms with van der Waals surface area (Å²) in [6.45, 7) is 2.22. The lowest BCUT2D eigenvalue weighted by atomic mass is 10.2. The molecule has 0 fully saturated rings. The highest BCUT2D eigenvalue weighted by Crippen LogP contribution is 2.24. The molecule has 7 heteroatoms. The number of aromatic amines is 1. The molecule has 0 saturated carbocycles. The minimum Gasteiger partial charge on any atom is -0.487 e. The average molecular weight is 385 g/mol. The first-order chi connectivity index (χ1) is 14.3. The van der Waals surface area contributed by atoms with E-state index in [4.69, 9.17) is 9.15 Å². The van der Waals surface area contributed by atoms with Crippen molar-refractivity contribution in [3.63, 3.8) is 0 Å². The monoisotopic (exact) mass is 385 g/mol. The van der Waals surface area contributed by atoms with Crippen LogP contribution in [0, 0.1) is 6.92 Å². The Morgan fingerprint density at radius 1 is 1.00 bits per heavy atom. The smallest absolute Gasteiger partial charge is 0.226 e. The predicted octanol–water partition coefficient (Wildman–Crippen LogP) is 4.47. The number of rotatable bonds is 7. The second kappa shape index (κ2) is 8.79. The van der Waals surface area contributed by atoms with Crippen LogP contribution in [0.15, 0.2) is 71.2 Å². The Balaban J connectivity index is 1.45. The topological polar surface area (TPSA) is 89.7 Å². The number of allylic oxidation sites excluding steroid dienone is 2. The molecule has 0 atom stereocenters. The second-order valence-corrected chi connectivity index (χ2v) is 6.20. The molecule has 0 aliphatic heterocycles. The summed E-state index contributed by atoms with van der Waals surface area (Å²) in [4.78, 5) is 4.59. The van der Waals surface area contributed by atoms with Crippen molar-refractivity contribution in [1.82, 2.24) is 25.6 Å². The van der Waals surface area contributed by atoms with Gasteiger partial charge in [-0.2, -0.15) is 5.21 Å². The van der Waals surface area contributed by atoms with Gasteiger partial charge in [-0.3, -0.25) is 0 Å². The van der Waals surface area contributed by atoms with Gasteiger partial charge in [-0.05, 0) is 36.4 Å². The maximum atomic E-state index is 6.02. The van der Waals surface area contributed by atoms with E-state index in [0.717, 1.165) is 28.3 Å². The molecule has 2 aromatic heterocycles. The number of H-pyrrole nitrogens is 1. The van der Waals surface area contributed by atoms with Gasteiger partial charge in [0.15, 0.2) is 5.82 Å². The van der Waals surface area contributed by atoms with Crippen LogP contribution in [0.3, 0.4) is 0 Å². The molecule has 2 aromatic carbocycles. The molecule has 0 saturated heterocycles. The van der Waals surface area contributed by atoms with Crippen molar-refractivity contribution in [3.05, 3.63) is 89.6 Å². The van der Waals surface area contributed by atoms with Gasteiger partial charge in [0, 0.05) is 11.1 Å². The van der Waals surface area contributed by atoms with Crippen molar-refractivity contribution in [2.75, 3.05) is 0 Å². The lowest BCUT2D eigenvalue weighted by Crippen LogP contribution is -1.99. The zero-order valence-electron chi connectivity index (χ0n) is 15.8. The predicted molar refractivity (Wildman–Crippen MR) is 110 cm³/mol. The van der Waals surface area contributed by atoms with Crippen molar-refractivity contribution in [3.8, 4) is 17.2 Å². The average Bonchev–Trinajstić information content (AvgIpc) is 3.41. The number of benzene rings is 2. The van der Waals surface area contributed by atoms with Crippen LogP contribution in [0.4, 0.5) is 0 Å². The van der Waals surface area contributed by atoms with Gasteiger partial charge < -0.3 is 9.15 Å². The van der Waals surface area contributed by atoms with Crippen molar-refractivity contribution in [2.45, 2.75) is 13.5 Å². The van der Waals surface area contributed by atoms with Crippen LogP contribution in [0.1, 0.15) is 22.8 Å². The molecule has 0 bridgehead atoms. The van der Waals surface area contributed by atoms with Gasteiger partial charge in [-0.15, -0.1) is 10.2 Å². The number of hydrogen-bond acceptors (Lipinski definition) is 6. The van der Waals surface area contributed by atoms with E-state index in [-0.39, 0.29) is 0 Å². The number of oxazole rings is 1. The molecule has 4 aromatic rings. The van der Waals surface area contributed by atoms with E-state index in [2.05, 4.69) is 25.6 Å². The van der Waals surface area contributed by atoms with Gasteiger partial charge >= 0.3 is 0 Å². The minimum absolute atomic E-state index is 0.325. The Labute approximate surface area is 167 Å². The van der Waals surface area contributed by atoms with Crippen LogP contribution in [0.5, 0.6) is 5.75 Å². The van der Waals surface area contributed by atoms with E-state index in [9.17, 15) is 0 Å². The number of tetrazole rings is 1. The molecule has 144 valence electrons. The first-order valence-corrected chi connectivity index (χ1v) is 9.11. The Kier molecular flexibility index (Phi) is 5.57. The third-order valence-corrected chi connectivity index (χ3v) is 4.19. The first kappa shape index (κ1) is 18.4. The number of hydrogen-bond donors (Lipinski definition) is 1. The lowest BCUT2D eigenvalue weighted by Gasteiger charge is -2.07. The number of ether oxygens (including phenoxy) is 1. The van der Waals surface area contributed by atoms with Crippen LogP contribution in [0.25, 0.3) is 23.6 Å². The van der Waals surface area contributed by atoms with E-state index >= 15 is 0 Å². The van der Waals surface area contributed by atoms with Crippen LogP contribution < -0.4 is 4.74 Å². The van der Waals surface area contributed by atoms with Gasteiger partial charge in [0.1, 0.15) is 23.8 Å².